The number of nitrogens with one attached hydrogen (secondary N) is 2. The van der Waals surface area contributed by atoms with Gasteiger partial charge in [-0.1, -0.05) is 12.1 Å². The number of fused-ring (bicyclic) bond motifs is 1. The van der Waals surface area contributed by atoms with Crippen LogP contribution in [0.4, 0.5) is 23.1 Å². The van der Waals surface area contributed by atoms with Crippen LogP contribution in [-0.4, -0.2) is 38.5 Å². The molecule has 4 aromatic rings. The molecule has 0 atom stereocenters. The summed E-state index contributed by atoms with van der Waals surface area (Å²) in [6.45, 7) is 4.27. The molecule has 35 heavy (non-hydrogen) atoms. The minimum atomic E-state index is -0.178. The highest BCUT2D eigenvalue weighted by Gasteiger charge is 2.15. The van der Waals surface area contributed by atoms with Gasteiger partial charge in [-0.2, -0.15) is 4.98 Å². The number of amides is 1. The highest BCUT2D eigenvalue weighted by Crippen LogP contribution is 2.22. The molecule has 2 aromatic carbocycles. The average Bonchev–Trinajstić information content (AvgIpc) is 3.40. The fourth-order valence-electron chi connectivity index (χ4n) is 4.19. The SMILES string of the molecule is Cc1cc(N2CCCC2)nc(Nc2ccc(NC(=O)CCn3cnc4ccccc4c3=O)cc2)n1. The van der Waals surface area contributed by atoms with Crippen molar-refractivity contribution in [3.05, 3.63) is 77.0 Å². The molecular formula is C26H27N7O2. The quantitative estimate of drug-likeness (QED) is 0.423. The monoisotopic (exact) mass is 469 g/mol. The topological polar surface area (TPSA) is 105 Å². The van der Waals surface area contributed by atoms with Crippen molar-refractivity contribution < 1.29 is 4.79 Å². The Labute approximate surface area is 202 Å². The molecule has 0 radical (unpaired) electrons. The van der Waals surface area contributed by atoms with Gasteiger partial charge < -0.3 is 15.5 Å². The first-order valence-corrected chi connectivity index (χ1v) is 11.8. The summed E-state index contributed by atoms with van der Waals surface area (Å²) in [5, 5.41) is 6.67. The first kappa shape index (κ1) is 22.5. The van der Waals surface area contributed by atoms with Crippen LogP contribution in [0.2, 0.25) is 0 Å². The predicted octanol–water partition coefficient (Wildman–Crippen LogP) is 3.87. The van der Waals surface area contributed by atoms with Gasteiger partial charge in [-0.25, -0.2) is 9.97 Å². The molecule has 9 nitrogen and oxygen atoms in total. The summed E-state index contributed by atoms with van der Waals surface area (Å²) in [6.07, 6.45) is 4.03. The van der Waals surface area contributed by atoms with E-state index in [0.29, 0.717) is 22.5 Å². The van der Waals surface area contributed by atoms with Crippen molar-refractivity contribution in [2.75, 3.05) is 28.6 Å². The highest BCUT2D eigenvalue weighted by atomic mass is 16.2. The van der Waals surface area contributed by atoms with Gasteiger partial charge in [0.2, 0.25) is 11.9 Å². The van der Waals surface area contributed by atoms with Crippen LogP contribution in [0.15, 0.2) is 65.7 Å². The van der Waals surface area contributed by atoms with Crippen LogP contribution in [0.25, 0.3) is 10.9 Å². The van der Waals surface area contributed by atoms with E-state index in [0.717, 1.165) is 30.3 Å². The molecule has 9 heteroatoms. The Bertz CT molecular complexity index is 1410. The Kier molecular flexibility index (Phi) is 6.38. The molecule has 0 spiro atoms. The fourth-order valence-corrected chi connectivity index (χ4v) is 4.19. The third kappa shape index (κ3) is 5.29. The zero-order valence-electron chi connectivity index (χ0n) is 19.6. The summed E-state index contributed by atoms with van der Waals surface area (Å²) in [5.74, 6) is 1.32. The molecule has 1 aliphatic rings. The number of para-hydroxylation sites is 1. The van der Waals surface area contributed by atoms with Crippen molar-refractivity contribution >= 4 is 40.0 Å². The van der Waals surface area contributed by atoms with E-state index in [1.807, 2.05) is 43.3 Å². The van der Waals surface area contributed by atoms with Crippen molar-refractivity contribution in [1.29, 1.82) is 0 Å². The second-order valence-corrected chi connectivity index (χ2v) is 8.65. The van der Waals surface area contributed by atoms with Gasteiger partial charge in [-0.3, -0.25) is 14.2 Å². The standard InChI is InChI=1S/C26H27N7O2/c1-18-16-23(32-13-4-5-14-32)31-26(28-18)30-20-10-8-19(9-11-20)29-24(34)12-15-33-17-27-22-7-3-2-6-21(22)25(33)35/h2-3,6-11,16-17H,4-5,12-15H2,1H3,(H,29,34)(H,28,30,31). The number of nitrogens with zero attached hydrogens (tertiary/aromatic N) is 5. The van der Waals surface area contributed by atoms with E-state index in [4.69, 9.17) is 0 Å². The number of rotatable bonds is 7. The van der Waals surface area contributed by atoms with E-state index in [2.05, 4.69) is 30.5 Å². The van der Waals surface area contributed by atoms with E-state index in [9.17, 15) is 9.59 Å². The number of carbonyl (C=O) groups is 1. The molecule has 1 saturated heterocycles. The Balaban J connectivity index is 1.18. The summed E-state index contributed by atoms with van der Waals surface area (Å²) in [6, 6.07) is 16.6. The van der Waals surface area contributed by atoms with Crippen molar-refractivity contribution in [2.45, 2.75) is 32.7 Å². The number of hydrogen-bond acceptors (Lipinski definition) is 7. The molecule has 0 bridgehead atoms. The Morgan fingerprint density at radius 2 is 1.74 bits per heavy atom. The maximum absolute atomic E-state index is 12.6. The van der Waals surface area contributed by atoms with E-state index >= 15 is 0 Å². The maximum atomic E-state index is 12.6. The zero-order chi connectivity index (χ0) is 24.2. The van der Waals surface area contributed by atoms with Crippen molar-refractivity contribution in [2.24, 2.45) is 0 Å². The molecule has 0 saturated carbocycles. The predicted molar refractivity (Wildman–Crippen MR) is 137 cm³/mol. The number of carbonyl (C=O) groups excluding carboxylic acids is 1. The van der Waals surface area contributed by atoms with Gasteiger partial charge in [0.25, 0.3) is 5.56 Å². The van der Waals surface area contributed by atoms with Gasteiger partial charge in [0.15, 0.2) is 0 Å². The molecule has 0 unspecified atom stereocenters. The lowest BCUT2D eigenvalue weighted by Gasteiger charge is -2.17. The molecule has 1 fully saturated rings. The Hall–Kier alpha value is -4.27. The largest absolute Gasteiger partial charge is 0.356 e. The molecule has 2 N–H and O–H groups in total. The van der Waals surface area contributed by atoms with Gasteiger partial charge in [0, 0.05) is 49.2 Å². The summed E-state index contributed by atoms with van der Waals surface area (Å²) >= 11 is 0. The molecule has 3 heterocycles. The Morgan fingerprint density at radius 1 is 1.00 bits per heavy atom. The van der Waals surface area contributed by atoms with Gasteiger partial charge in [0.05, 0.1) is 17.2 Å². The fraction of sp³-hybridized carbons (Fsp3) is 0.269. The number of aryl methyl sites for hydroxylation is 2. The maximum Gasteiger partial charge on any atom is 0.261 e. The van der Waals surface area contributed by atoms with E-state index < -0.39 is 0 Å². The molecule has 1 aliphatic heterocycles. The van der Waals surface area contributed by atoms with Crippen LogP contribution >= 0.6 is 0 Å². The minimum Gasteiger partial charge on any atom is -0.356 e. The van der Waals surface area contributed by atoms with Crippen LogP contribution in [0.5, 0.6) is 0 Å². The van der Waals surface area contributed by atoms with Crippen molar-refractivity contribution in [3.63, 3.8) is 0 Å². The van der Waals surface area contributed by atoms with Crippen molar-refractivity contribution in [1.82, 2.24) is 19.5 Å². The summed E-state index contributed by atoms with van der Waals surface area (Å²) in [7, 11) is 0. The average molecular weight is 470 g/mol. The number of anilines is 4. The minimum absolute atomic E-state index is 0.148. The number of hydrogen-bond donors (Lipinski definition) is 2. The first-order valence-electron chi connectivity index (χ1n) is 11.8. The molecule has 178 valence electrons. The molecule has 2 aromatic heterocycles. The summed E-state index contributed by atoms with van der Waals surface area (Å²) < 4.78 is 1.47. The summed E-state index contributed by atoms with van der Waals surface area (Å²) in [5.41, 5.74) is 2.91. The smallest absolute Gasteiger partial charge is 0.261 e. The second-order valence-electron chi connectivity index (χ2n) is 8.65. The lowest BCUT2D eigenvalue weighted by Crippen LogP contribution is -2.23. The van der Waals surface area contributed by atoms with Gasteiger partial charge in [-0.15, -0.1) is 0 Å². The second kappa shape index (κ2) is 9.92. The molecule has 1 amide bonds. The van der Waals surface area contributed by atoms with E-state index in [1.54, 1.807) is 18.2 Å². The summed E-state index contributed by atoms with van der Waals surface area (Å²) in [4.78, 5) is 40.8. The van der Waals surface area contributed by atoms with Gasteiger partial charge >= 0.3 is 0 Å². The van der Waals surface area contributed by atoms with Crippen LogP contribution in [0.1, 0.15) is 25.0 Å². The third-order valence-electron chi connectivity index (χ3n) is 6.01. The lowest BCUT2D eigenvalue weighted by atomic mass is 10.2. The third-order valence-corrected chi connectivity index (χ3v) is 6.01. The van der Waals surface area contributed by atoms with Gasteiger partial charge in [-0.05, 0) is 56.2 Å². The van der Waals surface area contributed by atoms with Crippen LogP contribution in [-0.2, 0) is 11.3 Å². The first-order chi connectivity index (χ1) is 17.0. The number of aromatic nitrogens is 4. The normalized spacial score (nSPS) is 13.2. The number of benzene rings is 2. The van der Waals surface area contributed by atoms with Crippen LogP contribution in [0, 0.1) is 6.92 Å². The highest BCUT2D eigenvalue weighted by molar-refractivity contribution is 5.90. The van der Waals surface area contributed by atoms with E-state index in [1.165, 1.54) is 23.7 Å². The van der Waals surface area contributed by atoms with Crippen LogP contribution < -0.4 is 21.1 Å². The van der Waals surface area contributed by atoms with Crippen molar-refractivity contribution in [3.8, 4) is 0 Å². The zero-order valence-corrected chi connectivity index (χ0v) is 19.6. The molecule has 0 aliphatic carbocycles. The van der Waals surface area contributed by atoms with Crippen LogP contribution in [0.3, 0.4) is 0 Å². The Morgan fingerprint density at radius 3 is 2.54 bits per heavy atom. The van der Waals surface area contributed by atoms with E-state index in [-0.39, 0.29) is 24.4 Å². The molecule has 5 rings (SSSR count). The lowest BCUT2D eigenvalue weighted by molar-refractivity contribution is -0.116. The van der Waals surface area contributed by atoms with Gasteiger partial charge in [0.1, 0.15) is 5.82 Å². The molecular weight excluding hydrogens is 442 g/mol.